The summed E-state index contributed by atoms with van der Waals surface area (Å²) in [7, 11) is 0. The highest BCUT2D eigenvalue weighted by molar-refractivity contribution is 7.10. The average molecular weight is 273 g/mol. The van der Waals surface area contributed by atoms with Gasteiger partial charge in [0.1, 0.15) is 0 Å². The van der Waals surface area contributed by atoms with Gasteiger partial charge in [-0.2, -0.15) is 0 Å². The molecule has 0 saturated carbocycles. The van der Waals surface area contributed by atoms with E-state index in [0.29, 0.717) is 0 Å². The molecule has 0 aliphatic heterocycles. The van der Waals surface area contributed by atoms with Gasteiger partial charge in [0.2, 0.25) is 0 Å². The van der Waals surface area contributed by atoms with Gasteiger partial charge in [0.15, 0.2) is 0 Å². The van der Waals surface area contributed by atoms with Crippen LogP contribution in [0.5, 0.6) is 0 Å². The van der Waals surface area contributed by atoms with E-state index in [-0.39, 0.29) is 11.5 Å². The van der Waals surface area contributed by atoms with Crippen molar-refractivity contribution in [3.63, 3.8) is 0 Å². The second kappa shape index (κ2) is 5.48. The smallest absolute Gasteiger partial charge is 0.0433 e. The lowest BCUT2D eigenvalue weighted by atomic mass is 9.86. The molecule has 0 amide bonds. The van der Waals surface area contributed by atoms with E-state index < -0.39 is 0 Å². The van der Waals surface area contributed by atoms with Gasteiger partial charge in [-0.05, 0) is 46.9 Å². The molecule has 19 heavy (non-hydrogen) atoms. The largest absolute Gasteiger partial charge is 0.323 e. The Morgan fingerprint density at radius 3 is 2.21 bits per heavy atom. The van der Waals surface area contributed by atoms with Crippen molar-refractivity contribution in [2.24, 2.45) is 5.73 Å². The Bertz CT molecular complexity index is 531. The van der Waals surface area contributed by atoms with E-state index in [4.69, 9.17) is 5.73 Å². The zero-order valence-electron chi connectivity index (χ0n) is 12.2. The van der Waals surface area contributed by atoms with E-state index in [9.17, 15) is 0 Å². The minimum atomic E-state index is 0.112. The van der Waals surface area contributed by atoms with Gasteiger partial charge in [-0.3, -0.25) is 0 Å². The Morgan fingerprint density at radius 2 is 1.74 bits per heavy atom. The van der Waals surface area contributed by atoms with Crippen molar-refractivity contribution in [1.82, 2.24) is 0 Å². The first-order valence-electron chi connectivity index (χ1n) is 6.77. The summed E-state index contributed by atoms with van der Waals surface area (Å²) in [5.41, 5.74) is 10.5. The van der Waals surface area contributed by atoms with E-state index in [1.54, 1.807) is 11.3 Å². The molecule has 0 spiro atoms. The van der Waals surface area contributed by atoms with Gasteiger partial charge >= 0.3 is 0 Å². The first kappa shape index (κ1) is 14.3. The SMILES string of the molecule is Cc1ccsc1C(N)Cc1ccc(C(C)(C)C)cc1. The van der Waals surface area contributed by atoms with Crippen molar-refractivity contribution in [3.8, 4) is 0 Å². The molecule has 1 heterocycles. The van der Waals surface area contributed by atoms with Crippen LogP contribution >= 0.6 is 11.3 Å². The van der Waals surface area contributed by atoms with Gasteiger partial charge in [0.05, 0.1) is 0 Å². The monoisotopic (exact) mass is 273 g/mol. The summed E-state index contributed by atoms with van der Waals surface area (Å²) in [5.74, 6) is 0. The Labute approximate surface area is 120 Å². The van der Waals surface area contributed by atoms with Crippen molar-refractivity contribution in [3.05, 3.63) is 57.3 Å². The first-order chi connectivity index (χ1) is 8.88. The molecular weight excluding hydrogens is 250 g/mol. The zero-order valence-corrected chi connectivity index (χ0v) is 13.1. The summed E-state index contributed by atoms with van der Waals surface area (Å²) >= 11 is 1.76. The van der Waals surface area contributed by atoms with Crippen LogP contribution in [0.15, 0.2) is 35.7 Å². The van der Waals surface area contributed by atoms with Gasteiger partial charge in [-0.15, -0.1) is 11.3 Å². The summed E-state index contributed by atoms with van der Waals surface area (Å²) in [4.78, 5) is 1.31. The molecule has 102 valence electrons. The van der Waals surface area contributed by atoms with Crippen molar-refractivity contribution in [2.45, 2.75) is 45.6 Å². The molecule has 1 aromatic carbocycles. The van der Waals surface area contributed by atoms with Gasteiger partial charge in [-0.25, -0.2) is 0 Å². The van der Waals surface area contributed by atoms with Gasteiger partial charge < -0.3 is 5.73 Å². The molecule has 1 aromatic heterocycles. The second-order valence-corrected chi connectivity index (χ2v) is 7.17. The fourth-order valence-electron chi connectivity index (χ4n) is 2.25. The molecular formula is C17H23NS. The van der Waals surface area contributed by atoms with Crippen LogP contribution in [0.25, 0.3) is 0 Å². The Hall–Kier alpha value is -1.12. The molecule has 1 nitrogen and oxygen atoms in total. The fourth-order valence-corrected chi connectivity index (χ4v) is 3.18. The summed E-state index contributed by atoms with van der Waals surface area (Å²) in [6, 6.07) is 11.1. The molecule has 0 aliphatic carbocycles. The first-order valence-corrected chi connectivity index (χ1v) is 7.65. The lowest BCUT2D eigenvalue weighted by Gasteiger charge is -2.19. The summed E-state index contributed by atoms with van der Waals surface area (Å²) in [6.07, 6.45) is 0.909. The third kappa shape index (κ3) is 3.46. The van der Waals surface area contributed by atoms with E-state index >= 15 is 0 Å². The van der Waals surface area contributed by atoms with Gasteiger partial charge in [0, 0.05) is 10.9 Å². The molecule has 0 fully saturated rings. The molecule has 0 saturated heterocycles. The Morgan fingerprint density at radius 1 is 1.11 bits per heavy atom. The maximum Gasteiger partial charge on any atom is 0.0433 e. The van der Waals surface area contributed by atoms with Crippen LogP contribution in [-0.4, -0.2) is 0 Å². The summed E-state index contributed by atoms with van der Waals surface area (Å²) in [5, 5.41) is 2.12. The molecule has 2 rings (SSSR count). The number of hydrogen-bond donors (Lipinski definition) is 1. The number of aryl methyl sites for hydroxylation is 1. The maximum absolute atomic E-state index is 6.31. The van der Waals surface area contributed by atoms with Gasteiger partial charge in [0.25, 0.3) is 0 Å². The van der Waals surface area contributed by atoms with Crippen molar-refractivity contribution in [1.29, 1.82) is 0 Å². The Kier molecular flexibility index (Phi) is 4.12. The molecule has 2 N–H and O–H groups in total. The van der Waals surface area contributed by atoms with E-state index in [0.717, 1.165) is 6.42 Å². The van der Waals surface area contributed by atoms with Crippen molar-refractivity contribution < 1.29 is 0 Å². The Balaban J connectivity index is 2.10. The van der Waals surface area contributed by atoms with Crippen LogP contribution in [0.2, 0.25) is 0 Å². The van der Waals surface area contributed by atoms with E-state index in [1.165, 1.54) is 21.6 Å². The topological polar surface area (TPSA) is 26.0 Å². The third-order valence-corrected chi connectivity index (χ3v) is 4.66. The molecule has 0 bridgehead atoms. The fraction of sp³-hybridized carbons (Fsp3) is 0.412. The number of benzene rings is 1. The minimum absolute atomic E-state index is 0.112. The van der Waals surface area contributed by atoms with Crippen molar-refractivity contribution in [2.75, 3.05) is 0 Å². The summed E-state index contributed by atoms with van der Waals surface area (Å²) in [6.45, 7) is 8.85. The zero-order chi connectivity index (χ0) is 14.0. The predicted molar refractivity (Wildman–Crippen MR) is 84.8 cm³/mol. The predicted octanol–water partition coefficient (Wildman–Crippen LogP) is 4.60. The molecule has 2 heteroatoms. The van der Waals surface area contributed by atoms with Crippen LogP contribution < -0.4 is 5.73 Å². The number of nitrogens with two attached hydrogens (primary N) is 1. The van der Waals surface area contributed by atoms with E-state index in [1.807, 2.05) is 0 Å². The van der Waals surface area contributed by atoms with Crippen LogP contribution in [0.4, 0.5) is 0 Å². The van der Waals surface area contributed by atoms with Crippen molar-refractivity contribution >= 4 is 11.3 Å². The maximum atomic E-state index is 6.31. The average Bonchev–Trinajstić information content (AvgIpc) is 2.75. The normalized spacial score (nSPS) is 13.5. The van der Waals surface area contributed by atoms with Crippen LogP contribution in [-0.2, 0) is 11.8 Å². The van der Waals surface area contributed by atoms with Crippen LogP contribution in [0.1, 0.15) is 48.4 Å². The lowest BCUT2D eigenvalue weighted by molar-refractivity contribution is 0.589. The third-order valence-electron chi connectivity index (χ3n) is 3.51. The highest BCUT2D eigenvalue weighted by atomic mass is 32.1. The highest BCUT2D eigenvalue weighted by Crippen LogP contribution is 2.26. The standard InChI is InChI=1S/C17H23NS/c1-12-9-10-19-16(12)15(18)11-13-5-7-14(8-6-13)17(2,3)4/h5-10,15H,11,18H2,1-4H3. The number of rotatable bonds is 3. The van der Waals surface area contributed by atoms with E-state index in [2.05, 4.69) is 63.4 Å². The minimum Gasteiger partial charge on any atom is -0.323 e. The number of thiophene rings is 1. The van der Waals surface area contributed by atoms with Crippen LogP contribution in [0.3, 0.4) is 0 Å². The lowest BCUT2D eigenvalue weighted by Crippen LogP contribution is -2.14. The molecule has 2 aromatic rings. The molecule has 0 radical (unpaired) electrons. The second-order valence-electron chi connectivity index (χ2n) is 6.23. The molecule has 1 atom stereocenters. The van der Waals surface area contributed by atoms with Gasteiger partial charge in [-0.1, -0.05) is 45.0 Å². The quantitative estimate of drug-likeness (QED) is 0.869. The van der Waals surface area contributed by atoms with Crippen LogP contribution in [0, 0.1) is 6.92 Å². The molecule has 1 unspecified atom stereocenters. The summed E-state index contributed by atoms with van der Waals surface area (Å²) < 4.78 is 0. The molecule has 0 aliphatic rings. The highest BCUT2D eigenvalue weighted by Gasteiger charge is 2.14. The number of hydrogen-bond acceptors (Lipinski definition) is 2.